The minimum Gasteiger partial charge on any atom is -0.332 e. The van der Waals surface area contributed by atoms with Crippen LogP contribution >= 0.6 is 27.5 Å². The molecule has 3 nitrogen and oxygen atoms in total. The Hall–Kier alpha value is -1.39. The molecule has 1 aromatic heterocycles. The smallest absolute Gasteiger partial charge is 0.255 e. The summed E-state index contributed by atoms with van der Waals surface area (Å²) < 4.78 is 0.705. The number of nitrogens with zero attached hydrogens (tertiary/aromatic N) is 2. The predicted octanol–water partition coefficient (Wildman–Crippen LogP) is 4.55. The molecule has 1 amide bonds. The Labute approximate surface area is 138 Å². The summed E-state index contributed by atoms with van der Waals surface area (Å²) in [4.78, 5) is 18.7. The first-order valence-corrected chi connectivity index (χ1v) is 7.81. The van der Waals surface area contributed by atoms with E-state index >= 15 is 0 Å². The van der Waals surface area contributed by atoms with Crippen molar-refractivity contribution >= 4 is 33.4 Å². The Morgan fingerprint density at radius 3 is 2.71 bits per heavy atom. The van der Waals surface area contributed by atoms with Gasteiger partial charge in [-0.15, -0.1) is 0 Å². The van der Waals surface area contributed by atoms with Crippen LogP contribution in [0.3, 0.4) is 0 Å². The van der Waals surface area contributed by atoms with Gasteiger partial charge in [-0.3, -0.25) is 9.78 Å². The van der Waals surface area contributed by atoms with Gasteiger partial charge >= 0.3 is 0 Å². The fourth-order valence-electron chi connectivity index (χ4n) is 1.99. The maximum Gasteiger partial charge on any atom is 0.255 e. The highest BCUT2D eigenvalue weighted by Gasteiger charge is 2.21. The molecule has 0 unspecified atom stereocenters. The summed E-state index contributed by atoms with van der Waals surface area (Å²) in [6.07, 6.45) is 3.50. The highest BCUT2D eigenvalue weighted by Crippen LogP contribution is 2.24. The van der Waals surface area contributed by atoms with Crippen LogP contribution in [-0.4, -0.2) is 21.8 Å². The Balaban J connectivity index is 2.27. The first-order valence-electron chi connectivity index (χ1n) is 6.64. The average Bonchev–Trinajstić information content (AvgIpc) is 2.45. The lowest BCUT2D eigenvalue weighted by atomic mass is 10.1. The lowest BCUT2D eigenvalue weighted by molar-refractivity contribution is 0.0689. The molecule has 2 aromatic rings. The van der Waals surface area contributed by atoms with Crippen LogP contribution in [0.2, 0.25) is 5.02 Å². The Morgan fingerprint density at radius 1 is 1.38 bits per heavy atom. The molecule has 2 rings (SSSR count). The van der Waals surface area contributed by atoms with Crippen molar-refractivity contribution in [1.82, 2.24) is 9.88 Å². The number of rotatable bonds is 4. The topological polar surface area (TPSA) is 33.2 Å². The molecule has 0 aliphatic carbocycles. The zero-order chi connectivity index (χ0) is 15.4. The van der Waals surface area contributed by atoms with Gasteiger partial charge in [0.15, 0.2) is 0 Å². The molecule has 0 aliphatic rings. The van der Waals surface area contributed by atoms with E-state index in [1.165, 1.54) is 0 Å². The number of carbonyl (C=O) groups is 1. The van der Waals surface area contributed by atoms with Crippen molar-refractivity contribution in [2.24, 2.45) is 0 Å². The molecule has 0 aliphatic heterocycles. The second-order valence-corrected chi connectivity index (χ2v) is 6.30. The fourth-order valence-corrected chi connectivity index (χ4v) is 2.85. The van der Waals surface area contributed by atoms with Gasteiger partial charge in [0.25, 0.3) is 5.91 Å². The second-order valence-electron chi connectivity index (χ2n) is 5.01. The monoisotopic (exact) mass is 366 g/mol. The van der Waals surface area contributed by atoms with Crippen LogP contribution in [0.15, 0.2) is 47.2 Å². The number of aromatic nitrogens is 1. The van der Waals surface area contributed by atoms with E-state index in [-0.39, 0.29) is 11.9 Å². The van der Waals surface area contributed by atoms with Crippen LogP contribution in [0.1, 0.15) is 29.8 Å². The van der Waals surface area contributed by atoms with Crippen molar-refractivity contribution in [1.29, 1.82) is 0 Å². The third-order valence-corrected chi connectivity index (χ3v) is 4.01. The molecule has 110 valence electrons. The summed E-state index contributed by atoms with van der Waals surface area (Å²) in [5, 5.41) is 0.599. The van der Waals surface area contributed by atoms with E-state index in [4.69, 9.17) is 11.6 Å². The van der Waals surface area contributed by atoms with Gasteiger partial charge in [0.1, 0.15) is 0 Å². The van der Waals surface area contributed by atoms with Crippen molar-refractivity contribution < 1.29 is 4.79 Å². The highest BCUT2D eigenvalue weighted by molar-refractivity contribution is 9.10. The number of halogens is 2. The highest BCUT2D eigenvalue weighted by atomic mass is 79.9. The van der Waals surface area contributed by atoms with Crippen molar-refractivity contribution in [3.63, 3.8) is 0 Å². The molecule has 5 heteroatoms. The molecule has 0 saturated carbocycles. The van der Waals surface area contributed by atoms with Gasteiger partial charge in [-0.05, 0) is 59.6 Å². The van der Waals surface area contributed by atoms with E-state index in [1.807, 2.05) is 30.9 Å². The lowest BCUT2D eigenvalue weighted by Crippen LogP contribution is -2.36. The molecule has 0 fully saturated rings. The molecular formula is C16H16BrClN2O. The van der Waals surface area contributed by atoms with Crippen LogP contribution < -0.4 is 0 Å². The number of hydrogen-bond acceptors (Lipinski definition) is 2. The summed E-state index contributed by atoms with van der Waals surface area (Å²) in [6.45, 7) is 4.52. The Morgan fingerprint density at radius 2 is 2.14 bits per heavy atom. The molecule has 21 heavy (non-hydrogen) atoms. The van der Waals surface area contributed by atoms with E-state index in [1.54, 1.807) is 30.6 Å². The maximum absolute atomic E-state index is 12.8. The molecule has 1 heterocycles. The lowest BCUT2D eigenvalue weighted by Gasteiger charge is -2.27. The van der Waals surface area contributed by atoms with Crippen LogP contribution in [-0.2, 0) is 6.54 Å². The first kappa shape index (κ1) is 16.0. The van der Waals surface area contributed by atoms with Gasteiger partial charge in [0.2, 0.25) is 0 Å². The Kier molecular flexibility index (Phi) is 5.37. The standard InChI is InChI=1S/C16H16BrClN2O/c1-11(2)20(10-12-4-3-7-19-9-12)16(21)14-6-5-13(18)8-15(14)17/h3-9,11H,10H2,1-2H3. The zero-order valence-corrected chi connectivity index (χ0v) is 14.2. The molecule has 0 radical (unpaired) electrons. The van der Waals surface area contributed by atoms with Gasteiger partial charge in [-0.2, -0.15) is 0 Å². The van der Waals surface area contributed by atoms with Crippen LogP contribution in [0.5, 0.6) is 0 Å². The summed E-state index contributed by atoms with van der Waals surface area (Å²) >= 11 is 9.34. The van der Waals surface area contributed by atoms with Crippen molar-refractivity contribution in [2.45, 2.75) is 26.4 Å². The van der Waals surface area contributed by atoms with Gasteiger partial charge in [0, 0.05) is 34.5 Å². The summed E-state index contributed by atoms with van der Waals surface area (Å²) in [7, 11) is 0. The molecule has 0 saturated heterocycles. The number of hydrogen-bond donors (Lipinski definition) is 0. The summed E-state index contributed by atoms with van der Waals surface area (Å²) in [6, 6.07) is 9.12. The number of carbonyl (C=O) groups excluding carboxylic acids is 1. The molecule has 0 N–H and O–H groups in total. The zero-order valence-electron chi connectivity index (χ0n) is 11.9. The molecular weight excluding hydrogens is 352 g/mol. The minimum absolute atomic E-state index is 0.0302. The number of amides is 1. The number of pyridine rings is 1. The number of benzene rings is 1. The van der Waals surface area contributed by atoms with Crippen molar-refractivity contribution in [3.8, 4) is 0 Å². The minimum atomic E-state index is -0.0302. The van der Waals surface area contributed by atoms with E-state index < -0.39 is 0 Å². The Bertz CT molecular complexity index is 631. The van der Waals surface area contributed by atoms with Crippen LogP contribution in [0.4, 0.5) is 0 Å². The molecule has 0 spiro atoms. The van der Waals surface area contributed by atoms with Crippen molar-refractivity contribution in [2.75, 3.05) is 0 Å². The van der Waals surface area contributed by atoms with Crippen molar-refractivity contribution in [3.05, 3.63) is 63.3 Å². The predicted molar refractivity (Wildman–Crippen MR) is 88.4 cm³/mol. The van der Waals surface area contributed by atoms with Crippen LogP contribution in [0, 0.1) is 0 Å². The first-order chi connectivity index (χ1) is 9.99. The van der Waals surface area contributed by atoms with E-state index in [0.717, 1.165) is 5.56 Å². The van der Waals surface area contributed by atoms with Gasteiger partial charge in [-0.1, -0.05) is 17.7 Å². The fraction of sp³-hybridized carbons (Fsp3) is 0.250. The van der Waals surface area contributed by atoms with Gasteiger partial charge < -0.3 is 4.90 Å². The van der Waals surface area contributed by atoms with Crippen LogP contribution in [0.25, 0.3) is 0 Å². The molecule has 0 atom stereocenters. The van der Waals surface area contributed by atoms with E-state index in [0.29, 0.717) is 21.6 Å². The SMILES string of the molecule is CC(C)N(Cc1cccnc1)C(=O)c1ccc(Cl)cc1Br. The molecule has 0 bridgehead atoms. The van der Waals surface area contributed by atoms with E-state index in [9.17, 15) is 4.79 Å². The maximum atomic E-state index is 12.8. The quantitative estimate of drug-likeness (QED) is 0.794. The van der Waals surface area contributed by atoms with E-state index in [2.05, 4.69) is 20.9 Å². The third kappa shape index (κ3) is 4.05. The third-order valence-electron chi connectivity index (χ3n) is 3.12. The normalized spacial score (nSPS) is 10.7. The van der Waals surface area contributed by atoms with Gasteiger partial charge in [-0.25, -0.2) is 0 Å². The summed E-state index contributed by atoms with van der Waals surface area (Å²) in [5.41, 5.74) is 1.61. The second kappa shape index (κ2) is 7.05. The largest absolute Gasteiger partial charge is 0.332 e. The average molecular weight is 368 g/mol. The summed E-state index contributed by atoms with van der Waals surface area (Å²) in [5.74, 6) is -0.0302. The molecule has 1 aromatic carbocycles. The van der Waals surface area contributed by atoms with Gasteiger partial charge in [0.05, 0.1) is 5.56 Å².